The smallest absolute Gasteiger partial charge is 0.485 e. The number of Topliss-reactive ketones (excluding diaryl/α,β-unsaturated/α-hetero) is 1. The molecular formula is C15H11F3O3. The van der Waals surface area contributed by atoms with Gasteiger partial charge >= 0.3 is 6.36 Å². The third-order valence-electron chi connectivity index (χ3n) is 2.52. The molecule has 0 fully saturated rings. The Labute approximate surface area is 118 Å². The van der Waals surface area contributed by atoms with Crippen molar-refractivity contribution in [1.29, 1.82) is 0 Å². The van der Waals surface area contributed by atoms with E-state index in [2.05, 4.69) is 4.74 Å². The molecule has 2 aromatic rings. The number of carbonyl (C=O) groups excluding carboxylic acids is 1. The van der Waals surface area contributed by atoms with Crippen molar-refractivity contribution >= 4 is 5.78 Å². The summed E-state index contributed by atoms with van der Waals surface area (Å²) in [5.41, 5.74) is 0.509. The SMILES string of the molecule is O=C(COc1ccc(OC(F)(F)F)cc1)c1ccccc1. The van der Waals surface area contributed by atoms with Gasteiger partial charge < -0.3 is 9.47 Å². The van der Waals surface area contributed by atoms with E-state index in [-0.39, 0.29) is 23.9 Å². The average molecular weight is 296 g/mol. The van der Waals surface area contributed by atoms with E-state index in [1.165, 1.54) is 12.1 Å². The predicted molar refractivity (Wildman–Crippen MR) is 69.4 cm³/mol. The second-order valence-electron chi connectivity index (χ2n) is 4.10. The number of ether oxygens (including phenoxy) is 2. The third-order valence-corrected chi connectivity index (χ3v) is 2.52. The second kappa shape index (κ2) is 6.30. The van der Waals surface area contributed by atoms with Crippen LogP contribution in [-0.2, 0) is 0 Å². The lowest BCUT2D eigenvalue weighted by molar-refractivity contribution is -0.274. The Balaban J connectivity index is 1.91. The van der Waals surface area contributed by atoms with Crippen LogP contribution < -0.4 is 9.47 Å². The summed E-state index contributed by atoms with van der Waals surface area (Å²) >= 11 is 0. The van der Waals surface area contributed by atoms with Crippen LogP contribution in [0.15, 0.2) is 54.6 Å². The summed E-state index contributed by atoms with van der Waals surface area (Å²) < 4.78 is 44.9. The second-order valence-corrected chi connectivity index (χ2v) is 4.10. The molecule has 0 aromatic heterocycles. The maximum Gasteiger partial charge on any atom is 0.573 e. The van der Waals surface area contributed by atoms with E-state index in [1.807, 2.05) is 0 Å². The summed E-state index contributed by atoms with van der Waals surface area (Å²) in [4.78, 5) is 11.8. The first kappa shape index (κ1) is 14.9. The zero-order valence-electron chi connectivity index (χ0n) is 10.8. The van der Waals surface area contributed by atoms with Crippen LogP contribution >= 0.6 is 0 Å². The Morgan fingerprint density at radius 3 is 2.05 bits per heavy atom. The standard InChI is InChI=1S/C15H11F3O3/c16-15(17,18)21-13-8-6-12(7-9-13)20-10-14(19)11-4-2-1-3-5-11/h1-9H,10H2. The van der Waals surface area contributed by atoms with Gasteiger partial charge in [0.1, 0.15) is 11.5 Å². The van der Waals surface area contributed by atoms with Crippen LogP contribution in [0.25, 0.3) is 0 Å². The van der Waals surface area contributed by atoms with E-state index in [0.29, 0.717) is 5.56 Å². The quantitative estimate of drug-likeness (QED) is 0.786. The Morgan fingerprint density at radius 1 is 0.905 bits per heavy atom. The summed E-state index contributed by atoms with van der Waals surface area (Å²) in [6, 6.07) is 13.4. The number of rotatable bonds is 5. The zero-order valence-corrected chi connectivity index (χ0v) is 10.8. The van der Waals surface area contributed by atoms with Crippen LogP contribution in [0.4, 0.5) is 13.2 Å². The molecule has 0 aliphatic heterocycles. The summed E-state index contributed by atoms with van der Waals surface area (Å²) in [5, 5.41) is 0. The molecule has 2 rings (SSSR count). The van der Waals surface area contributed by atoms with Crippen molar-refractivity contribution < 1.29 is 27.4 Å². The van der Waals surface area contributed by atoms with Crippen molar-refractivity contribution in [3.8, 4) is 11.5 Å². The molecule has 0 N–H and O–H groups in total. The van der Waals surface area contributed by atoms with Gasteiger partial charge in [0.25, 0.3) is 0 Å². The Morgan fingerprint density at radius 2 is 1.48 bits per heavy atom. The lowest BCUT2D eigenvalue weighted by Crippen LogP contribution is -2.17. The highest BCUT2D eigenvalue weighted by Crippen LogP contribution is 2.24. The molecule has 0 saturated heterocycles. The maximum absolute atomic E-state index is 12.0. The third kappa shape index (κ3) is 4.83. The Hall–Kier alpha value is -2.50. The number of alkyl halides is 3. The van der Waals surface area contributed by atoms with Crippen molar-refractivity contribution in [3.05, 3.63) is 60.2 Å². The minimum atomic E-state index is -4.73. The molecule has 0 aliphatic rings. The van der Waals surface area contributed by atoms with Crippen LogP contribution in [0.5, 0.6) is 11.5 Å². The lowest BCUT2D eigenvalue weighted by Gasteiger charge is -2.10. The molecule has 0 amide bonds. The highest BCUT2D eigenvalue weighted by molar-refractivity contribution is 5.97. The molecular weight excluding hydrogens is 285 g/mol. The van der Waals surface area contributed by atoms with Gasteiger partial charge in [-0.25, -0.2) is 0 Å². The topological polar surface area (TPSA) is 35.5 Å². The molecule has 0 radical (unpaired) electrons. The molecule has 0 aliphatic carbocycles. The summed E-state index contributed by atoms with van der Waals surface area (Å²) in [6.45, 7) is -0.191. The fourth-order valence-electron chi connectivity index (χ4n) is 1.59. The molecule has 0 spiro atoms. The minimum Gasteiger partial charge on any atom is -0.485 e. The first-order valence-electron chi connectivity index (χ1n) is 6.01. The molecule has 21 heavy (non-hydrogen) atoms. The van der Waals surface area contributed by atoms with Crippen LogP contribution in [0.1, 0.15) is 10.4 Å². The van der Waals surface area contributed by atoms with E-state index in [4.69, 9.17) is 4.74 Å². The maximum atomic E-state index is 12.0. The normalized spacial score (nSPS) is 11.0. The predicted octanol–water partition coefficient (Wildman–Crippen LogP) is 3.85. The van der Waals surface area contributed by atoms with Crippen molar-refractivity contribution in [2.75, 3.05) is 6.61 Å². The molecule has 2 aromatic carbocycles. The van der Waals surface area contributed by atoms with Gasteiger partial charge in [-0.05, 0) is 24.3 Å². The Kier molecular flexibility index (Phi) is 4.47. The minimum absolute atomic E-state index is 0.191. The van der Waals surface area contributed by atoms with Crippen LogP contribution in [0.2, 0.25) is 0 Å². The van der Waals surface area contributed by atoms with Gasteiger partial charge in [-0.15, -0.1) is 13.2 Å². The Bertz CT molecular complexity index is 592. The molecule has 0 atom stereocenters. The number of halogens is 3. The summed E-state index contributed by atoms with van der Waals surface area (Å²) in [6.07, 6.45) is -4.73. The van der Waals surface area contributed by atoms with E-state index in [0.717, 1.165) is 12.1 Å². The monoisotopic (exact) mass is 296 g/mol. The van der Waals surface area contributed by atoms with Crippen molar-refractivity contribution in [2.45, 2.75) is 6.36 Å². The van der Waals surface area contributed by atoms with E-state index < -0.39 is 6.36 Å². The summed E-state index contributed by atoms with van der Waals surface area (Å²) in [7, 11) is 0. The van der Waals surface area contributed by atoms with Crippen LogP contribution in [0, 0.1) is 0 Å². The van der Waals surface area contributed by atoms with Crippen molar-refractivity contribution in [1.82, 2.24) is 0 Å². The van der Waals surface area contributed by atoms with Gasteiger partial charge in [-0.1, -0.05) is 30.3 Å². The van der Waals surface area contributed by atoms with Crippen molar-refractivity contribution in [3.63, 3.8) is 0 Å². The number of hydrogen-bond donors (Lipinski definition) is 0. The molecule has 110 valence electrons. The van der Waals surface area contributed by atoms with Gasteiger partial charge in [0.05, 0.1) is 0 Å². The number of carbonyl (C=O) groups is 1. The number of hydrogen-bond acceptors (Lipinski definition) is 3. The molecule has 0 unspecified atom stereocenters. The van der Waals surface area contributed by atoms with E-state index in [9.17, 15) is 18.0 Å². The van der Waals surface area contributed by atoms with Crippen LogP contribution in [0.3, 0.4) is 0 Å². The average Bonchev–Trinajstić information content (AvgIpc) is 2.45. The van der Waals surface area contributed by atoms with Gasteiger partial charge in [0.15, 0.2) is 12.4 Å². The number of benzene rings is 2. The highest BCUT2D eigenvalue weighted by atomic mass is 19.4. The molecule has 6 heteroatoms. The highest BCUT2D eigenvalue weighted by Gasteiger charge is 2.30. The lowest BCUT2D eigenvalue weighted by atomic mass is 10.1. The van der Waals surface area contributed by atoms with Gasteiger partial charge in [-0.2, -0.15) is 0 Å². The van der Waals surface area contributed by atoms with Gasteiger partial charge in [-0.3, -0.25) is 4.79 Å². The zero-order chi connectivity index (χ0) is 15.3. The fourth-order valence-corrected chi connectivity index (χ4v) is 1.59. The molecule has 0 bridgehead atoms. The molecule has 0 saturated carbocycles. The van der Waals surface area contributed by atoms with Crippen LogP contribution in [-0.4, -0.2) is 18.8 Å². The van der Waals surface area contributed by atoms with Gasteiger partial charge in [0.2, 0.25) is 0 Å². The van der Waals surface area contributed by atoms with Gasteiger partial charge in [0, 0.05) is 5.56 Å². The first-order chi connectivity index (χ1) is 9.94. The first-order valence-corrected chi connectivity index (χ1v) is 6.01. The number of ketones is 1. The molecule has 3 nitrogen and oxygen atoms in total. The largest absolute Gasteiger partial charge is 0.573 e. The van der Waals surface area contributed by atoms with E-state index >= 15 is 0 Å². The van der Waals surface area contributed by atoms with Crippen molar-refractivity contribution in [2.24, 2.45) is 0 Å². The fraction of sp³-hybridized carbons (Fsp3) is 0.133. The molecule has 0 heterocycles. The van der Waals surface area contributed by atoms with E-state index in [1.54, 1.807) is 30.3 Å². The summed E-state index contributed by atoms with van der Waals surface area (Å²) in [5.74, 6) is -0.274.